The average molecular weight is 300 g/mol. The van der Waals surface area contributed by atoms with Gasteiger partial charge in [-0.15, -0.1) is 0 Å². The molecule has 0 bridgehead atoms. The van der Waals surface area contributed by atoms with Crippen LogP contribution in [0.5, 0.6) is 5.75 Å². The van der Waals surface area contributed by atoms with Gasteiger partial charge in [0.05, 0.1) is 11.7 Å². The van der Waals surface area contributed by atoms with E-state index in [9.17, 15) is 18.0 Å². The number of halogens is 3. The number of hydrogen-bond donors (Lipinski definition) is 0. The molecule has 2 rings (SSSR count). The lowest BCUT2D eigenvalue weighted by Gasteiger charge is -2.31. The first-order valence-electron chi connectivity index (χ1n) is 7.19. The third-order valence-electron chi connectivity index (χ3n) is 4.09. The Bertz CT molecular complexity index is 485. The third-order valence-corrected chi connectivity index (χ3v) is 4.09. The van der Waals surface area contributed by atoms with Crippen LogP contribution in [0.15, 0.2) is 24.3 Å². The molecule has 1 saturated carbocycles. The number of ether oxygens (including phenoxy) is 1. The molecule has 21 heavy (non-hydrogen) atoms. The van der Waals surface area contributed by atoms with Crippen LogP contribution in [0, 0.1) is 11.8 Å². The van der Waals surface area contributed by atoms with Crippen LogP contribution in [0.3, 0.4) is 0 Å². The summed E-state index contributed by atoms with van der Waals surface area (Å²) in [6, 6.07) is 4.96. The van der Waals surface area contributed by atoms with E-state index in [1.54, 1.807) is 6.07 Å². The highest BCUT2D eigenvalue weighted by Crippen LogP contribution is 2.34. The van der Waals surface area contributed by atoms with Crippen molar-refractivity contribution in [2.45, 2.75) is 44.9 Å². The Labute approximate surface area is 122 Å². The van der Waals surface area contributed by atoms with E-state index in [0.29, 0.717) is 0 Å². The summed E-state index contributed by atoms with van der Waals surface area (Å²) in [5.74, 6) is 0.471. The minimum absolute atomic E-state index is 0.0297. The zero-order valence-corrected chi connectivity index (χ0v) is 11.9. The number of aldehydes is 1. The molecule has 0 spiro atoms. The predicted octanol–water partition coefficient (Wildman–Crippen LogP) is 4.48. The standard InChI is InChI=1S/C16H19F3O2/c1-11(10-20)12-4-2-6-14(8-12)21-15-7-3-5-13(9-15)16(17,18)19/h3,5,7,9-12,14H,2,4,6,8H2,1H3/t11-,12-,14+/m1/s1. The van der Waals surface area contributed by atoms with E-state index in [-0.39, 0.29) is 23.7 Å². The summed E-state index contributed by atoms with van der Waals surface area (Å²) < 4.78 is 43.7. The smallest absolute Gasteiger partial charge is 0.416 e. The summed E-state index contributed by atoms with van der Waals surface area (Å²) in [4.78, 5) is 10.9. The van der Waals surface area contributed by atoms with Crippen molar-refractivity contribution in [3.63, 3.8) is 0 Å². The molecule has 5 heteroatoms. The molecule has 116 valence electrons. The molecule has 0 aromatic heterocycles. The molecule has 3 atom stereocenters. The van der Waals surface area contributed by atoms with Crippen molar-refractivity contribution in [2.75, 3.05) is 0 Å². The average Bonchev–Trinajstić information content (AvgIpc) is 2.46. The molecule has 2 nitrogen and oxygen atoms in total. The Morgan fingerprint density at radius 1 is 1.33 bits per heavy atom. The van der Waals surface area contributed by atoms with Gasteiger partial charge in [-0.05, 0) is 49.8 Å². The molecule has 0 heterocycles. The molecule has 1 aliphatic carbocycles. The van der Waals surface area contributed by atoms with Crippen molar-refractivity contribution in [2.24, 2.45) is 11.8 Å². The number of carbonyl (C=O) groups excluding carboxylic acids is 1. The van der Waals surface area contributed by atoms with Crippen LogP contribution in [0.25, 0.3) is 0 Å². The van der Waals surface area contributed by atoms with E-state index in [2.05, 4.69) is 0 Å². The topological polar surface area (TPSA) is 26.3 Å². The van der Waals surface area contributed by atoms with Gasteiger partial charge < -0.3 is 9.53 Å². The van der Waals surface area contributed by atoms with Crippen molar-refractivity contribution in [3.05, 3.63) is 29.8 Å². The molecule has 0 amide bonds. The molecule has 0 saturated heterocycles. The molecule has 1 fully saturated rings. The third kappa shape index (κ3) is 4.22. The Balaban J connectivity index is 2.03. The minimum atomic E-state index is -4.36. The van der Waals surface area contributed by atoms with Gasteiger partial charge in [0.2, 0.25) is 0 Å². The summed E-state index contributed by atoms with van der Waals surface area (Å²) in [6.07, 6.45) is -0.0872. The Morgan fingerprint density at radius 3 is 2.76 bits per heavy atom. The highest BCUT2D eigenvalue weighted by molar-refractivity contribution is 5.53. The summed E-state index contributed by atoms with van der Waals surface area (Å²) in [5.41, 5.74) is -0.700. The quantitative estimate of drug-likeness (QED) is 0.766. The van der Waals surface area contributed by atoms with Crippen molar-refractivity contribution < 1.29 is 22.7 Å². The maximum Gasteiger partial charge on any atom is 0.416 e. The molecule has 0 radical (unpaired) electrons. The molecular weight excluding hydrogens is 281 g/mol. The first-order chi connectivity index (χ1) is 9.90. The van der Waals surface area contributed by atoms with Gasteiger partial charge in [-0.1, -0.05) is 13.0 Å². The SMILES string of the molecule is C[C@H](C=O)[C@@H]1CCC[C@H](Oc2cccc(C(F)(F)F)c2)C1. The number of hydrogen-bond acceptors (Lipinski definition) is 2. The second kappa shape index (κ2) is 6.50. The Morgan fingerprint density at radius 2 is 2.10 bits per heavy atom. The van der Waals surface area contributed by atoms with Crippen LogP contribution in [0.4, 0.5) is 13.2 Å². The van der Waals surface area contributed by atoms with Crippen LogP contribution in [0.2, 0.25) is 0 Å². The van der Waals surface area contributed by atoms with Gasteiger partial charge in [-0.3, -0.25) is 0 Å². The molecule has 1 aromatic carbocycles. The normalized spacial score (nSPS) is 24.4. The zero-order valence-electron chi connectivity index (χ0n) is 11.9. The lowest BCUT2D eigenvalue weighted by Crippen LogP contribution is -2.29. The van der Waals surface area contributed by atoms with Crippen molar-refractivity contribution in [3.8, 4) is 5.75 Å². The maximum atomic E-state index is 12.7. The number of rotatable bonds is 4. The largest absolute Gasteiger partial charge is 0.490 e. The first kappa shape index (κ1) is 15.9. The second-order valence-corrected chi connectivity index (χ2v) is 5.69. The molecule has 0 aliphatic heterocycles. The van der Waals surface area contributed by atoms with Gasteiger partial charge in [0.1, 0.15) is 12.0 Å². The van der Waals surface area contributed by atoms with Gasteiger partial charge >= 0.3 is 6.18 Å². The number of alkyl halides is 3. The number of benzene rings is 1. The molecule has 1 aliphatic rings. The van der Waals surface area contributed by atoms with E-state index >= 15 is 0 Å². The second-order valence-electron chi connectivity index (χ2n) is 5.69. The molecule has 0 unspecified atom stereocenters. The van der Waals surface area contributed by atoms with Crippen molar-refractivity contribution in [1.29, 1.82) is 0 Å². The van der Waals surface area contributed by atoms with E-state index < -0.39 is 11.7 Å². The fraction of sp³-hybridized carbons (Fsp3) is 0.562. The fourth-order valence-corrected chi connectivity index (χ4v) is 2.81. The van der Waals surface area contributed by atoms with Gasteiger partial charge in [0, 0.05) is 5.92 Å². The van der Waals surface area contributed by atoms with Gasteiger partial charge in [-0.2, -0.15) is 13.2 Å². The zero-order chi connectivity index (χ0) is 15.5. The van der Waals surface area contributed by atoms with Gasteiger partial charge in [0.15, 0.2) is 0 Å². The highest BCUT2D eigenvalue weighted by Gasteiger charge is 2.31. The van der Waals surface area contributed by atoms with E-state index in [1.165, 1.54) is 6.07 Å². The van der Waals surface area contributed by atoms with Gasteiger partial charge in [0.25, 0.3) is 0 Å². The van der Waals surface area contributed by atoms with Crippen LogP contribution >= 0.6 is 0 Å². The van der Waals surface area contributed by atoms with Crippen LogP contribution < -0.4 is 4.74 Å². The van der Waals surface area contributed by atoms with Crippen LogP contribution in [-0.2, 0) is 11.0 Å². The number of carbonyl (C=O) groups is 1. The summed E-state index contributed by atoms with van der Waals surface area (Å²) in [7, 11) is 0. The molecular formula is C16H19F3O2. The fourth-order valence-electron chi connectivity index (χ4n) is 2.81. The van der Waals surface area contributed by atoms with E-state index in [4.69, 9.17) is 4.74 Å². The van der Waals surface area contributed by atoms with E-state index in [0.717, 1.165) is 44.1 Å². The summed E-state index contributed by atoms with van der Waals surface area (Å²) >= 11 is 0. The van der Waals surface area contributed by atoms with Crippen molar-refractivity contribution >= 4 is 6.29 Å². The Kier molecular flexibility index (Phi) is 4.91. The minimum Gasteiger partial charge on any atom is -0.490 e. The lowest BCUT2D eigenvalue weighted by atomic mass is 9.80. The monoisotopic (exact) mass is 300 g/mol. The van der Waals surface area contributed by atoms with Crippen LogP contribution in [0.1, 0.15) is 38.2 Å². The molecule has 0 N–H and O–H groups in total. The van der Waals surface area contributed by atoms with E-state index in [1.807, 2.05) is 6.92 Å². The van der Waals surface area contributed by atoms with Gasteiger partial charge in [-0.25, -0.2) is 0 Å². The lowest BCUT2D eigenvalue weighted by molar-refractivity contribution is -0.137. The highest BCUT2D eigenvalue weighted by atomic mass is 19.4. The summed E-state index contributed by atoms with van der Waals surface area (Å²) in [6.45, 7) is 1.88. The summed E-state index contributed by atoms with van der Waals surface area (Å²) in [5, 5.41) is 0. The predicted molar refractivity (Wildman–Crippen MR) is 73.0 cm³/mol. The maximum absolute atomic E-state index is 12.7. The van der Waals surface area contributed by atoms with Crippen molar-refractivity contribution in [1.82, 2.24) is 0 Å². The van der Waals surface area contributed by atoms with Crippen LogP contribution in [-0.4, -0.2) is 12.4 Å². The Hall–Kier alpha value is -1.52. The first-order valence-corrected chi connectivity index (χ1v) is 7.19. The molecule has 1 aromatic rings.